The lowest BCUT2D eigenvalue weighted by atomic mass is 10.2. The van der Waals surface area contributed by atoms with Crippen LogP contribution >= 0.6 is 11.3 Å². The van der Waals surface area contributed by atoms with E-state index in [1.165, 1.54) is 0 Å². The molecule has 4 aromatic rings. The van der Waals surface area contributed by atoms with Crippen LogP contribution in [0.1, 0.15) is 0 Å². The summed E-state index contributed by atoms with van der Waals surface area (Å²) < 4.78 is 2.08. The number of rotatable bonds is 1. The molecule has 4 rings (SSSR count). The van der Waals surface area contributed by atoms with E-state index in [0.717, 1.165) is 27.1 Å². The van der Waals surface area contributed by atoms with Crippen molar-refractivity contribution < 1.29 is 5.11 Å². The Kier molecular flexibility index (Phi) is 2.10. The molecule has 0 saturated heterocycles. The summed E-state index contributed by atoms with van der Waals surface area (Å²) in [5.74, 6) is 0.224. The summed E-state index contributed by atoms with van der Waals surface area (Å²) in [6.45, 7) is 0. The second-order valence-electron chi connectivity index (χ2n) is 4.26. The van der Waals surface area contributed by atoms with Crippen molar-refractivity contribution >= 4 is 27.9 Å². The number of phenols is 1. The van der Waals surface area contributed by atoms with Crippen LogP contribution in [0.2, 0.25) is 0 Å². The Morgan fingerprint density at radius 1 is 1.16 bits per heavy atom. The van der Waals surface area contributed by atoms with Crippen LogP contribution in [0.4, 0.5) is 0 Å². The molecule has 0 spiro atoms. The summed E-state index contributed by atoms with van der Waals surface area (Å²) in [7, 11) is 0. The Morgan fingerprint density at radius 3 is 2.95 bits per heavy atom. The summed E-state index contributed by atoms with van der Waals surface area (Å²) in [6.07, 6.45) is 3.82. The van der Waals surface area contributed by atoms with Crippen LogP contribution in [-0.4, -0.2) is 19.5 Å². The normalized spacial score (nSPS) is 11.4. The molecule has 92 valence electrons. The standard InChI is InChI=1S/C14H9N3OS/c18-9-3-4-11-10(6-9)16-14(13-7-15-8-19-13)12-2-1-5-17(11)12/h1-8,18H. The third kappa shape index (κ3) is 1.52. The van der Waals surface area contributed by atoms with Gasteiger partial charge in [0.05, 0.1) is 26.9 Å². The van der Waals surface area contributed by atoms with E-state index in [0.29, 0.717) is 0 Å². The van der Waals surface area contributed by atoms with E-state index in [2.05, 4.69) is 14.4 Å². The average molecular weight is 267 g/mol. The number of fused-ring (bicyclic) bond motifs is 3. The summed E-state index contributed by atoms with van der Waals surface area (Å²) in [5, 5.41) is 9.62. The van der Waals surface area contributed by atoms with Crippen molar-refractivity contribution in [2.75, 3.05) is 0 Å². The van der Waals surface area contributed by atoms with E-state index in [-0.39, 0.29) is 5.75 Å². The van der Waals surface area contributed by atoms with Crippen molar-refractivity contribution in [3.8, 4) is 16.3 Å². The smallest absolute Gasteiger partial charge is 0.117 e. The lowest BCUT2D eigenvalue weighted by molar-refractivity contribution is 0.476. The minimum atomic E-state index is 0.224. The SMILES string of the molecule is Oc1ccc2c(c1)nc(-c1cncs1)c1cccn12. The molecule has 0 aliphatic heterocycles. The number of hydrogen-bond acceptors (Lipinski definition) is 4. The van der Waals surface area contributed by atoms with Gasteiger partial charge in [-0.25, -0.2) is 4.98 Å². The summed E-state index contributed by atoms with van der Waals surface area (Å²) in [4.78, 5) is 9.80. The Balaban J connectivity index is 2.19. The van der Waals surface area contributed by atoms with Gasteiger partial charge in [0.2, 0.25) is 0 Å². The minimum Gasteiger partial charge on any atom is -0.508 e. The van der Waals surface area contributed by atoms with E-state index in [9.17, 15) is 5.11 Å². The van der Waals surface area contributed by atoms with E-state index in [1.54, 1.807) is 29.0 Å². The molecule has 0 saturated carbocycles. The highest BCUT2D eigenvalue weighted by molar-refractivity contribution is 7.13. The highest BCUT2D eigenvalue weighted by Crippen LogP contribution is 2.30. The number of nitrogens with zero attached hydrogens (tertiary/aromatic N) is 3. The van der Waals surface area contributed by atoms with Crippen LogP contribution in [0.25, 0.3) is 27.1 Å². The van der Waals surface area contributed by atoms with Crippen molar-refractivity contribution in [1.29, 1.82) is 0 Å². The van der Waals surface area contributed by atoms with Gasteiger partial charge < -0.3 is 9.51 Å². The highest BCUT2D eigenvalue weighted by Gasteiger charge is 2.11. The first kappa shape index (κ1) is 10.5. The minimum absolute atomic E-state index is 0.224. The van der Waals surface area contributed by atoms with Gasteiger partial charge in [0.15, 0.2) is 0 Å². The Morgan fingerprint density at radius 2 is 2.11 bits per heavy atom. The molecule has 0 aliphatic carbocycles. The first-order valence-electron chi connectivity index (χ1n) is 5.81. The zero-order valence-corrected chi connectivity index (χ0v) is 10.6. The molecule has 3 aromatic heterocycles. The van der Waals surface area contributed by atoms with Crippen LogP contribution < -0.4 is 0 Å². The molecular weight excluding hydrogens is 258 g/mol. The molecule has 0 radical (unpaired) electrons. The predicted octanol–water partition coefficient (Wildman–Crippen LogP) is 3.32. The van der Waals surface area contributed by atoms with Crippen molar-refractivity contribution in [1.82, 2.24) is 14.4 Å². The molecule has 3 heterocycles. The van der Waals surface area contributed by atoms with Crippen LogP contribution in [0.5, 0.6) is 5.75 Å². The van der Waals surface area contributed by atoms with Crippen LogP contribution in [0.15, 0.2) is 48.2 Å². The molecule has 0 aliphatic rings. The van der Waals surface area contributed by atoms with E-state index in [1.807, 2.05) is 30.6 Å². The van der Waals surface area contributed by atoms with Crippen molar-refractivity contribution in [3.05, 3.63) is 48.2 Å². The van der Waals surface area contributed by atoms with E-state index < -0.39 is 0 Å². The van der Waals surface area contributed by atoms with Gasteiger partial charge in [-0.1, -0.05) is 0 Å². The van der Waals surface area contributed by atoms with Gasteiger partial charge in [0, 0.05) is 18.5 Å². The Bertz CT molecular complexity index is 880. The van der Waals surface area contributed by atoms with Crippen LogP contribution in [-0.2, 0) is 0 Å². The third-order valence-corrected chi connectivity index (χ3v) is 3.89. The average Bonchev–Trinajstić information content (AvgIpc) is 3.08. The van der Waals surface area contributed by atoms with E-state index in [4.69, 9.17) is 0 Å². The number of phenolic OH excluding ortho intramolecular Hbond substituents is 1. The van der Waals surface area contributed by atoms with Crippen LogP contribution in [0, 0.1) is 0 Å². The quantitative estimate of drug-likeness (QED) is 0.575. The van der Waals surface area contributed by atoms with Crippen molar-refractivity contribution in [2.45, 2.75) is 0 Å². The largest absolute Gasteiger partial charge is 0.508 e. The third-order valence-electron chi connectivity index (χ3n) is 3.11. The maximum absolute atomic E-state index is 9.62. The van der Waals surface area contributed by atoms with Crippen molar-refractivity contribution in [2.24, 2.45) is 0 Å². The molecular formula is C14H9N3OS. The second kappa shape index (κ2) is 3.80. The maximum atomic E-state index is 9.62. The molecule has 4 nitrogen and oxygen atoms in total. The zero-order chi connectivity index (χ0) is 12.8. The maximum Gasteiger partial charge on any atom is 0.117 e. The lowest BCUT2D eigenvalue weighted by Crippen LogP contribution is -1.93. The molecule has 0 bridgehead atoms. The molecule has 5 heteroatoms. The van der Waals surface area contributed by atoms with Crippen molar-refractivity contribution in [3.63, 3.8) is 0 Å². The first-order chi connectivity index (χ1) is 9.33. The molecule has 1 aromatic carbocycles. The molecule has 0 fully saturated rings. The van der Waals surface area contributed by atoms with Gasteiger partial charge in [-0.15, -0.1) is 11.3 Å². The molecule has 0 atom stereocenters. The highest BCUT2D eigenvalue weighted by atomic mass is 32.1. The fourth-order valence-electron chi connectivity index (χ4n) is 2.28. The predicted molar refractivity (Wildman–Crippen MR) is 75.5 cm³/mol. The van der Waals surface area contributed by atoms with Gasteiger partial charge >= 0.3 is 0 Å². The summed E-state index contributed by atoms with van der Waals surface area (Å²) in [6, 6.07) is 9.26. The molecule has 19 heavy (non-hydrogen) atoms. The van der Waals surface area contributed by atoms with Gasteiger partial charge in [-0.3, -0.25) is 4.98 Å². The first-order valence-corrected chi connectivity index (χ1v) is 6.69. The Hall–Kier alpha value is -2.40. The van der Waals surface area contributed by atoms with Gasteiger partial charge in [0.25, 0.3) is 0 Å². The van der Waals surface area contributed by atoms with E-state index >= 15 is 0 Å². The summed E-state index contributed by atoms with van der Waals surface area (Å²) >= 11 is 1.56. The monoisotopic (exact) mass is 267 g/mol. The van der Waals surface area contributed by atoms with Gasteiger partial charge in [0.1, 0.15) is 11.4 Å². The number of aromatic nitrogens is 3. The number of aromatic hydroxyl groups is 1. The number of thiazole rings is 1. The van der Waals surface area contributed by atoms with Crippen LogP contribution in [0.3, 0.4) is 0 Å². The fraction of sp³-hybridized carbons (Fsp3) is 0. The number of benzene rings is 1. The molecule has 0 amide bonds. The fourth-order valence-corrected chi connectivity index (χ4v) is 2.90. The lowest BCUT2D eigenvalue weighted by Gasteiger charge is -2.07. The molecule has 1 N–H and O–H groups in total. The summed E-state index contributed by atoms with van der Waals surface area (Å²) in [5.41, 5.74) is 5.48. The van der Waals surface area contributed by atoms with Gasteiger partial charge in [-0.05, 0) is 24.3 Å². The molecule has 0 unspecified atom stereocenters. The second-order valence-corrected chi connectivity index (χ2v) is 5.15. The topological polar surface area (TPSA) is 50.4 Å². The zero-order valence-electron chi connectivity index (χ0n) is 9.82. The Labute approximate surface area is 112 Å². The van der Waals surface area contributed by atoms with Gasteiger partial charge in [-0.2, -0.15) is 0 Å². The number of hydrogen-bond donors (Lipinski definition) is 1.